The maximum atomic E-state index is 11.7. The van der Waals surface area contributed by atoms with Crippen molar-refractivity contribution in [1.82, 2.24) is 10.1 Å². The van der Waals surface area contributed by atoms with Crippen molar-refractivity contribution in [2.45, 2.75) is 51.6 Å². The number of carbonyl (C=O) groups is 1. The molecule has 2 aliphatic rings. The van der Waals surface area contributed by atoms with Gasteiger partial charge in [-0.25, -0.2) is 9.78 Å². The van der Waals surface area contributed by atoms with E-state index in [9.17, 15) is 4.79 Å². The van der Waals surface area contributed by atoms with Gasteiger partial charge in [0, 0.05) is 22.7 Å². The number of hydrogen-bond donors (Lipinski definition) is 0. The van der Waals surface area contributed by atoms with E-state index < -0.39 is 5.97 Å². The third-order valence-electron chi connectivity index (χ3n) is 7.35. The van der Waals surface area contributed by atoms with Crippen molar-refractivity contribution in [2.24, 2.45) is 5.92 Å². The predicted molar refractivity (Wildman–Crippen MR) is 157 cm³/mol. The van der Waals surface area contributed by atoms with Gasteiger partial charge in [0.2, 0.25) is 0 Å². The Kier molecular flexibility index (Phi) is 8.41. The second-order valence-electron chi connectivity index (χ2n) is 10.3. The van der Waals surface area contributed by atoms with Gasteiger partial charge in [-0.1, -0.05) is 64.2 Å². The molecular weight excluding hydrogens is 571 g/mol. The van der Waals surface area contributed by atoms with E-state index in [1.54, 1.807) is 30.5 Å². The molecule has 1 aromatic carbocycles. The van der Waals surface area contributed by atoms with Gasteiger partial charge in [-0.05, 0) is 80.4 Å². The van der Waals surface area contributed by atoms with Crippen molar-refractivity contribution in [2.75, 3.05) is 7.11 Å². The first-order chi connectivity index (χ1) is 19.2. The number of aromatic nitrogens is 2. The second kappa shape index (κ2) is 11.8. The van der Waals surface area contributed by atoms with Crippen molar-refractivity contribution in [3.63, 3.8) is 0 Å². The number of hydrogen-bond acceptors (Lipinski definition) is 6. The quantitative estimate of drug-likeness (QED) is 0.131. The van der Waals surface area contributed by atoms with Gasteiger partial charge >= 0.3 is 5.97 Å². The van der Waals surface area contributed by atoms with Crippen LogP contribution in [0.25, 0.3) is 11.3 Å². The molecule has 2 unspecified atom stereocenters. The maximum Gasteiger partial charge on any atom is 0.356 e. The molecule has 2 fully saturated rings. The van der Waals surface area contributed by atoms with Gasteiger partial charge in [-0.15, -0.1) is 0 Å². The normalized spacial score (nSPS) is 19.2. The number of nitrogens with zero attached hydrogens (tertiary/aromatic N) is 2. The van der Waals surface area contributed by atoms with Crippen LogP contribution in [-0.4, -0.2) is 23.2 Å². The molecule has 5 rings (SSSR count). The van der Waals surface area contributed by atoms with Gasteiger partial charge < -0.3 is 14.0 Å². The average Bonchev–Trinajstić information content (AvgIpc) is 3.88. The largest absolute Gasteiger partial charge is 0.488 e. The molecule has 0 bridgehead atoms. The number of carbonyl (C=O) groups excluding carboxylic acids is 1. The molecule has 208 valence electrons. The van der Waals surface area contributed by atoms with Crippen molar-refractivity contribution in [3.8, 4) is 11.3 Å². The van der Waals surface area contributed by atoms with Crippen molar-refractivity contribution in [1.29, 1.82) is 0 Å². The Morgan fingerprint density at radius 3 is 2.50 bits per heavy atom. The monoisotopic (exact) mass is 598 g/mol. The highest BCUT2D eigenvalue weighted by Crippen LogP contribution is 2.53. The lowest BCUT2D eigenvalue weighted by molar-refractivity contribution is 0.0594. The van der Waals surface area contributed by atoms with Crippen LogP contribution in [0.5, 0.6) is 0 Å². The molecule has 0 aliphatic heterocycles. The molecule has 2 atom stereocenters. The summed E-state index contributed by atoms with van der Waals surface area (Å²) < 4.78 is 16.8. The summed E-state index contributed by atoms with van der Waals surface area (Å²) >= 11 is 19.8. The first-order valence-corrected chi connectivity index (χ1v) is 14.2. The van der Waals surface area contributed by atoms with Crippen LogP contribution in [0.2, 0.25) is 10.0 Å². The highest BCUT2D eigenvalue weighted by molar-refractivity contribution is 6.39. The number of methoxy groups -OCH3 is 1. The number of benzene rings is 1. The van der Waals surface area contributed by atoms with Gasteiger partial charge in [0.25, 0.3) is 0 Å². The van der Waals surface area contributed by atoms with Crippen molar-refractivity contribution < 1.29 is 18.8 Å². The minimum absolute atomic E-state index is 0.207. The molecule has 0 saturated heterocycles. The molecule has 40 heavy (non-hydrogen) atoms. The molecule has 9 heteroatoms. The van der Waals surface area contributed by atoms with Gasteiger partial charge in [0.1, 0.15) is 29.5 Å². The number of pyridine rings is 1. The van der Waals surface area contributed by atoms with Crippen LogP contribution >= 0.6 is 34.8 Å². The summed E-state index contributed by atoms with van der Waals surface area (Å²) in [6.07, 6.45) is 6.58. The van der Waals surface area contributed by atoms with Crippen LogP contribution in [0.4, 0.5) is 0 Å². The topological polar surface area (TPSA) is 74.5 Å². The SMILES string of the molecule is C=C(C)C(=CC(Cl)=C(C)C1CC1c1ccc(C(=O)OC)nc1)OCc1c(-c2c(Cl)cccc2Cl)noc1C1CC1. The Bertz CT molecular complexity index is 1500. The minimum Gasteiger partial charge on any atom is -0.488 e. The molecule has 0 N–H and O–H groups in total. The number of allylic oxidation sites excluding steroid dienone is 4. The molecule has 0 spiro atoms. The Hall–Kier alpha value is -3.06. The first kappa shape index (κ1) is 28.5. The van der Waals surface area contributed by atoms with Crippen LogP contribution in [0, 0.1) is 5.92 Å². The van der Waals surface area contributed by atoms with Crippen LogP contribution in [-0.2, 0) is 16.1 Å². The van der Waals surface area contributed by atoms with Gasteiger partial charge in [-0.2, -0.15) is 0 Å². The van der Waals surface area contributed by atoms with E-state index >= 15 is 0 Å². The van der Waals surface area contributed by atoms with E-state index in [0.717, 1.165) is 47.3 Å². The summed E-state index contributed by atoms with van der Waals surface area (Å²) in [4.78, 5) is 15.9. The fourth-order valence-electron chi connectivity index (χ4n) is 4.78. The van der Waals surface area contributed by atoms with E-state index in [4.69, 9.17) is 48.8 Å². The second-order valence-corrected chi connectivity index (χ2v) is 11.5. The number of rotatable bonds is 10. The third kappa shape index (κ3) is 5.99. The van der Waals surface area contributed by atoms with E-state index in [1.165, 1.54) is 7.11 Å². The standard InChI is InChI=1S/C31H29Cl3N2O4/c1-16(2)27(13-25(34)17(3)20-12-21(20)19-10-11-26(35-14-19)31(37)38-4)39-15-22-29(36-40-30(22)18-8-9-18)28-23(32)6-5-7-24(28)33/h5-7,10-11,13-14,18,20-21H,1,8-9,12,15H2,2-4H3. The van der Waals surface area contributed by atoms with E-state index in [1.807, 2.05) is 26.0 Å². The summed E-state index contributed by atoms with van der Waals surface area (Å²) in [6.45, 7) is 8.21. The summed E-state index contributed by atoms with van der Waals surface area (Å²) in [7, 11) is 1.34. The summed E-state index contributed by atoms with van der Waals surface area (Å²) in [5.74, 6) is 1.80. The zero-order chi connectivity index (χ0) is 28.6. The Morgan fingerprint density at radius 1 is 1.18 bits per heavy atom. The van der Waals surface area contributed by atoms with Crippen LogP contribution in [0.3, 0.4) is 0 Å². The summed E-state index contributed by atoms with van der Waals surface area (Å²) in [5, 5.41) is 5.93. The van der Waals surface area contributed by atoms with Gasteiger partial charge in [0.15, 0.2) is 0 Å². The highest BCUT2D eigenvalue weighted by atomic mass is 35.5. The fourth-order valence-corrected chi connectivity index (χ4v) is 5.60. The van der Waals surface area contributed by atoms with Crippen LogP contribution in [0.15, 0.2) is 75.6 Å². The third-order valence-corrected chi connectivity index (χ3v) is 8.39. The lowest BCUT2D eigenvalue weighted by Gasteiger charge is -2.13. The average molecular weight is 600 g/mol. The predicted octanol–water partition coefficient (Wildman–Crippen LogP) is 9.00. The van der Waals surface area contributed by atoms with Crippen LogP contribution < -0.4 is 0 Å². The molecule has 2 aromatic heterocycles. The maximum absolute atomic E-state index is 11.7. The van der Waals surface area contributed by atoms with Crippen molar-refractivity contribution in [3.05, 3.63) is 104 Å². The Balaban J connectivity index is 1.35. The van der Waals surface area contributed by atoms with E-state index in [2.05, 4.69) is 16.7 Å². The lowest BCUT2D eigenvalue weighted by atomic mass is 10.0. The highest BCUT2D eigenvalue weighted by Gasteiger charge is 2.40. The first-order valence-electron chi connectivity index (χ1n) is 13.0. The molecule has 3 aromatic rings. The Labute approximate surface area is 248 Å². The van der Waals surface area contributed by atoms with Gasteiger partial charge in [0.05, 0.1) is 22.7 Å². The lowest BCUT2D eigenvalue weighted by Crippen LogP contribution is -2.04. The molecule has 6 nitrogen and oxygen atoms in total. The molecule has 2 saturated carbocycles. The summed E-state index contributed by atoms with van der Waals surface area (Å²) in [5.41, 5.74) is 5.19. The molecule has 2 heterocycles. The smallest absolute Gasteiger partial charge is 0.356 e. The number of halogens is 3. The molecular formula is C31H29Cl3N2O4. The number of esters is 1. The fraction of sp³-hybridized carbons (Fsp3) is 0.323. The molecule has 0 amide bonds. The van der Waals surface area contributed by atoms with E-state index in [-0.39, 0.29) is 24.1 Å². The molecule has 0 radical (unpaired) electrons. The number of ether oxygens (including phenoxy) is 2. The minimum atomic E-state index is -0.451. The van der Waals surface area contributed by atoms with Crippen LogP contribution in [0.1, 0.15) is 72.3 Å². The zero-order valence-electron chi connectivity index (χ0n) is 22.5. The van der Waals surface area contributed by atoms with Crippen molar-refractivity contribution >= 4 is 40.8 Å². The molecule has 2 aliphatic carbocycles. The van der Waals surface area contributed by atoms with Gasteiger partial charge in [-0.3, -0.25) is 0 Å². The van der Waals surface area contributed by atoms with E-state index in [0.29, 0.717) is 38.0 Å². The Morgan fingerprint density at radius 2 is 1.90 bits per heavy atom. The zero-order valence-corrected chi connectivity index (χ0v) is 24.7. The summed E-state index contributed by atoms with van der Waals surface area (Å²) in [6, 6.07) is 8.96.